The highest BCUT2D eigenvalue weighted by molar-refractivity contribution is 5.92. The van der Waals surface area contributed by atoms with Crippen LogP contribution < -0.4 is 4.90 Å². The first-order valence-electron chi connectivity index (χ1n) is 8.99. The molecule has 0 spiro atoms. The van der Waals surface area contributed by atoms with Crippen LogP contribution in [0.1, 0.15) is 35.8 Å². The molecule has 1 amide bonds. The van der Waals surface area contributed by atoms with Crippen LogP contribution in [-0.2, 0) is 6.42 Å². The molecule has 3 rings (SSSR count). The standard InChI is InChI=1S/C20H26N4O/c1-16-7-13-24(14-8-16)20(25)19-4-3-18(15-22-19)23(2)12-9-17-5-10-21-11-6-17/h3-6,10-11,15-16H,7-9,12-14H2,1-2H3. The van der Waals surface area contributed by atoms with E-state index in [4.69, 9.17) is 0 Å². The Morgan fingerprint density at radius 1 is 1.20 bits per heavy atom. The fourth-order valence-electron chi connectivity index (χ4n) is 3.09. The van der Waals surface area contributed by atoms with Crippen molar-refractivity contribution < 1.29 is 4.79 Å². The molecule has 3 heterocycles. The molecule has 1 aliphatic rings. The van der Waals surface area contributed by atoms with E-state index in [0.717, 1.165) is 44.6 Å². The van der Waals surface area contributed by atoms with Gasteiger partial charge in [-0.2, -0.15) is 0 Å². The normalized spacial score (nSPS) is 15.2. The van der Waals surface area contributed by atoms with E-state index >= 15 is 0 Å². The van der Waals surface area contributed by atoms with E-state index in [2.05, 4.69) is 21.8 Å². The molecule has 0 bridgehead atoms. The Labute approximate surface area is 149 Å². The van der Waals surface area contributed by atoms with E-state index in [1.807, 2.05) is 48.6 Å². The molecule has 5 heteroatoms. The van der Waals surface area contributed by atoms with Crippen molar-refractivity contribution in [2.24, 2.45) is 5.92 Å². The molecule has 5 nitrogen and oxygen atoms in total. The van der Waals surface area contributed by atoms with Crippen LogP contribution in [0, 0.1) is 5.92 Å². The smallest absolute Gasteiger partial charge is 0.272 e. The Morgan fingerprint density at radius 3 is 2.56 bits per heavy atom. The summed E-state index contributed by atoms with van der Waals surface area (Å²) in [7, 11) is 2.05. The number of carbonyl (C=O) groups excluding carboxylic acids is 1. The van der Waals surface area contributed by atoms with Crippen molar-refractivity contribution in [1.82, 2.24) is 14.9 Å². The molecule has 1 saturated heterocycles. The highest BCUT2D eigenvalue weighted by atomic mass is 16.2. The van der Waals surface area contributed by atoms with Crippen LogP contribution in [-0.4, -0.2) is 47.5 Å². The summed E-state index contributed by atoms with van der Waals surface area (Å²) in [6.07, 6.45) is 8.55. The maximum absolute atomic E-state index is 12.5. The van der Waals surface area contributed by atoms with Crippen LogP contribution in [0.5, 0.6) is 0 Å². The van der Waals surface area contributed by atoms with Crippen molar-refractivity contribution in [1.29, 1.82) is 0 Å². The number of likely N-dealkylation sites (tertiary alicyclic amines) is 1. The van der Waals surface area contributed by atoms with Gasteiger partial charge in [0.2, 0.25) is 0 Å². The fourth-order valence-corrected chi connectivity index (χ4v) is 3.09. The molecule has 0 aliphatic carbocycles. The van der Waals surface area contributed by atoms with E-state index in [0.29, 0.717) is 11.6 Å². The zero-order valence-corrected chi connectivity index (χ0v) is 15.1. The Hall–Kier alpha value is -2.43. The quantitative estimate of drug-likeness (QED) is 0.841. The monoisotopic (exact) mass is 338 g/mol. The van der Waals surface area contributed by atoms with Gasteiger partial charge in [0.15, 0.2) is 0 Å². The van der Waals surface area contributed by atoms with Crippen molar-refractivity contribution in [3.63, 3.8) is 0 Å². The predicted molar refractivity (Wildman–Crippen MR) is 99.7 cm³/mol. The summed E-state index contributed by atoms with van der Waals surface area (Å²) in [6, 6.07) is 7.90. The average Bonchev–Trinajstić information content (AvgIpc) is 2.67. The van der Waals surface area contributed by atoms with Gasteiger partial charge in [-0.15, -0.1) is 0 Å². The molecule has 25 heavy (non-hydrogen) atoms. The first-order chi connectivity index (χ1) is 12.1. The maximum Gasteiger partial charge on any atom is 0.272 e. The van der Waals surface area contributed by atoms with Gasteiger partial charge in [-0.25, -0.2) is 4.98 Å². The van der Waals surface area contributed by atoms with Crippen molar-refractivity contribution in [2.75, 3.05) is 31.6 Å². The van der Waals surface area contributed by atoms with Crippen molar-refractivity contribution in [3.05, 3.63) is 54.1 Å². The van der Waals surface area contributed by atoms with Crippen molar-refractivity contribution in [3.8, 4) is 0 Å². The Bertz CT molecular complexity index is 679. The third kappa shape index (κ3) is 4.56. The molecule has 0 radical (unpaired) electrons. The summed E-state index contributed by atoms with van der Waals surface area (Å²) in [4.78, 5) is 25.1. The Morgan fingerprint density at radius 2 is 1.92 bits per heavy atom. The second kappa shape index (κ2) is 8.10. The lowest BCUT2D eigenvalue weighted by Gasteiger charge is -2.30. The van der Waals surface area contributed by atoms with E-state index in [9.17, 15) is 4.79 Å². The summed E-state index contributed by atoms with van der Waals surface area (Å²) in [5.41, 5.74) is 2.83. The molecule has 1 aliphatic heterocycles. The molecule has 0 N–H and O–H groups in total. The molecule has 0 aromatic carbocycles. The molecule has 2 aromatic rings. The molecule has 0 unspecified atom stereocenters. The first-order valence-corrected chi connectivity index (χ1v) is 8.99. The predicted octanol–water partition coefficient (Wildman–Crippen LogP) is 3.03. The minimum Gasteiger partial charge on any atom is -0.373 e. The van der Waals surface area contributed by atoms with Gasteiger partial charge in [0.05, 0.1) is 11.9 Å². The van der Waals surface area contributed by atoms with Gasteiger partial charge >= 0.3 is 0 Å². The van der Waals surface area contributed by atoms with Gasteiger partial charge in [-0.1, -0.05) is 6.92 Å². The number of hydrogen-bond donors (Lipinski definition) is 0. The van der Waals surface area contributed by atoms with Crippen molar-refractivity contribution in [2.45, 2.75) is 26.2 Å². The number of rotatable bonds is 5. The van der Waals surface area contributed by atoms with Gasteiger partial charge < -0.3 is 9.80 Å². The molecule has 0 saturated carbocycles. The lowest BCUT2D eigenvalue weighted by molar-refractivity contribution is 0.0691. The third-order valence-electron chi connectivity index (χ3n) is 4.96. The number of anilines is 1. The van der Waals surface area contributed by atoms with Gasteiger partial charge in [-0.3, -0.25) is 9.78 Å². The van der Waals surface area contributed by atoms with Gasteiger partial charge in [-0.05, 0) is 55.0 Å². The highest BCUT2D eigenvalue weighted by Crippen LogP contribution is 2.19. The summed E-state index contributed by atoms with van der Waals surface area (Å²) < 4.78 is 0. The largest absolute Gasteiger partial charge is 0.373 e. The molecule has 132 valence electrons. The van der Waals surface area contributed by atoms with Crippen LogP contribution in [0.3, 0.4) is 0 Å². The second-order valence-electron chi connectivity index (χ2n) is 6.90. The first kappa shape index (κ1) is 17.4. The highest BCUT2D eigenvalue weighted by Gasteiger charge is 2.22. The summed E-state index contributed by atoms with van der Waals surface area (Å²) in [5, 5.41) is 0. The zero-order chi connectivity index (χ0) is 17.6. The van der Waals surface area contributed by atoms with Crippen LogP contribution >= 0.6 is 0 Å². The lowest BCUT2D eigenvalue weighted by atomic mass is 9.99. The van der Waals surface area contributed by atoms with E-state index < -0.39 is 0 Å². The minimum atomic E-state index is 0.0536. The number of carbonyl (C=O) groups is 1. The lowest BCUT2D eigenvalue weighted by Crippen LogP contribution is -2.38. The number of likely N-dealkylation sites (N-methyl/N-ethyl adjacent to an activating group) is 1. The summed E-state index contributed by atoms with van der Waals surface area (Å²) in [5.74, 6) is 0.770. The molecular weight excluding hydrogens is 312 g/mol. The number of aromatic nitrogens is 2. The van der Waals surface area contributed by atoms with Gasteiger partial charge in [0.25, 0.3) is 5.91 Å². The third-order valence-corrected chi connectivity index (χ3v) is 4.96. The molecule has 2 aromatic heterocycles. The average molecular weight is 338 g/mol. The van der Waals surface area contributed by atoms with E-state index in [1.165, 1.54) is 5.56 Å². The topological polar surface area (TPSA) is 49.3 Å². The zero-order valence-electron chi connectivity index (χ0n) is 15.1. The summed E-state index contributed by atoms with van der Waals surface area (Å²) in [6.45, 7) is 4.82. The second-order valence-corrected chi connectivity index (χ2v) is 6.90. The van der Waals surface area contributed by atoms with Crippen LogP contribution in [0.2, 0.25) is 0 Å². The maximum atomic E-state index is 12.5. The summed E-state index contributed by atoms with van der Waals surface area (Å²) >= 11 is 0. The Kier molecular flexibility index (Phi) is 5.64. The molecule has 0 atom stereocenters. The minimum absolute atomic E-state index is 0.0536. The van der Waals surface area contributed by atoms with Gasteiger partial charge in [0.1, 0.15) is 5.69 Å². The van der Waals surface area contributed by atoms with E-state index in [-0.39, 0.29) is 5.91 Å². The van der Waals surface area contributed by atoms with Crippen LogP contribution in [0.25, 0.3) is 0 Å². The number of piperidine rings is 1. The van der Waals surface area contributed by atoms with Crippen LogP contribution in [0.4, 0.5) is 5.69 Å². The van der Waals surface area contributed by atoms with E-state index in [1.54, 1.807) is 6.20 Å². The Balaban J connectivity index is 1.56. The number of hydrogen-bond acceptors (Lipinski definition) is 4. The van der Waals surface area contributed by atoms with Crippen LogP contribution in [0.15, 0.2) is 42.9 Å². The number of amides is 1. The molecule has 1 fully saturated rings. The number of nitrogens with zero attached hydrogens (tertiary/aromatic N) is 4. The fraction of sp³-hybridized carbons (Fsp3) is 0.450. The molecular formula is C20H26N4O. The van der Waals surface area contributed by atoms with Crippen molar-refractivity contribution >= 4 is 11.6 Å². The van der Waals surface area contributed by atoms with Gasteiger partial charge in [0, 0.05) is 39.1 Å². The number of pyridine rings is 2. The SMILES string of the molecule is CC1CCN(C(=O)c2ccc(N(C)CCc3ccncc3)cn2)CC1.